The van der Waals surface area contributed by atoms with Crippen LogP contribution in [0.5, 0.6) is 0 Å². The van der Waals surface area contributed by atoms with Crippen LogP contribution in [0.3, 0.4) is 0 Å². The third-order valence-electron chi connectivity index (χ3n) is 4.52. The number of hydrogen-bond donors (Lipinski definition) is 2. The Bertz CT molecular complexity index is 327. The lowest BCUT2D eigenvalue weighted by Gasteiger charge is -2.35. The molecule has 0 spiro atoms. The van der Waals surface area contributed by atoms with E-state index < -0.39 is 0 Å². The van der Waals surface area contributed by atoms with Crippen molar-refractivity contribution in [3.63, 3.8) is 0 Å². The van der Waals surface area contributed by atoms with Crippen molar-refractivity contribution in [2.75, 3.05) is 52.9 Å². The van der Waals surface area contributed by atoms with E-state index in [1.807, 2.05) is 0 Å². The average Bonchev–Trinajstić information content (AvgIpc) is 2.52. The average molecular weight is 453 g/mol. The standard InChI is InChI=1S/C18H39N5.HI/c1-6-19-18(20-10-8-7-9-16(2)3)21-15-17(4)23-13-11-22(5)12-14-23;/h16-17H,6-15H2,1-5H3,(H2,19,20,21);1H. The zero-order chi connectivity index (χ0) is 17.1. The molecule has 1 unspecified atom stereocenters. The van der Waals surface area contributed by atoms with Crippen LogP contribution in [0.4, 0.5) is 0 Å². The fourth-order valence-corrected chi connectivity index (χ4v) is 2.83. The molecule has 1 rings (SSSR count). The number of piperazine rings is 1. The summed E-state index contributed by atoms with van der Waals surface area (Å²) in [6, 6.07) is 0.514. The molecule has 0 bridgehead atoms. The fraction of sp³-hybridized carbons (Fsp3) is 0.944. The van der Waals surface area contributed by atoms with Gasteiger partial charge in [0.15, 0.2) is 5.96 Å². The van der Waals surface area contributed by atoms with Crippen molar-refractivity contribution in [2.24, 2.45) is 10.9 Å². The van der Waals surface area contributed by atoms with Gasteiger partial charge in [0, 0.05) is 45.3 Å². The summed E-state index contributed by atoms with van der Waals surface area (Å²) in [7, 11) is 2.20. The van der Waals surface area contributed by atoms with Crippen LogP contribution in [0.1, 0.15) is 47.0 Å². The van der Waals surface area contributed by atoms with Gasteiger partial charge in [0.1, 0.15) is 0 Å². The molecule has 0 aromatic carbocycles. The summed E-state index contributed by atoms with van der Waals surface area (Å²) in [6.07, 6.45) is 3.83. The van der Waals surface area contributed by atoms with Crippen LogP contribution in [-0.2, 0) is 0 Å². The number of guanidine groups is 1. The number of hydrogen-bond acceptors (Lipinski definition) is 3. The maximum Gasteiger partial charge on any atom is 0.191 e. The molecule has 5 nitrogen and oxygen atoms in total. The van der Waals surface area contributed by atoms with Gasteiger partial charge in [-0.15, -0.1) is 24.0 Å². The SMILES string of the molecule is CCNC(=NCC(C)N1CCN(C)CC1)NCCCCC(C)C.I. The molecule has 24 heavy (non-hydrogen) atoms. The number of rotatable bonds is 9. The Hall–Kier alpha value is -0.0800. The van der Waals surface area contributed by atoms with Gasteiger partial charge in [-0.1, -0.05) is 26.7 Å². The maximum absolute atomic E-state index is 4.78. The molecule has 0 saturated carbocycles. The zero-order valence-corrected chi connectivity index (χ0v) is 18.8. The Morgan fingerprint density at radius 1 is 1.04 bits per heavy atom. The van der Waals surface area contributed by atoms with E-state index in [9.17, 15) is 0 Å². The van der Waals surface area contributed by atoms with Gasteiger partial charge < -0.3 is 15.5 Å². The third kappa shape index (κ3) is 10.7. The third-order valence-corrected chi connectivity index (χ3v) is 4.52. The van der Waals surface area contributed by atoms with Gasteiger partial charge >= 0.3 is 0 Å². The summed E-state index contributed by atoms with van der Waals surface area (Å²) in [5.74, 6) is 1.78. The largest absolute Gasteiger partial charge is 0.357 e. The Morgan fingerprint density at radius 2 is 1.71 bits per heavy atom. The first-order valence-electron chi connectivity index (χ1n) is 9.47. The molecule has 0 radical (unpaired) electrons. The Kier molecular flexibility index (Phi) is 14.1. The Morgan fingerprint density at radius 3 is 2.29 bits per heavy atom. The zero-order valence-electron chi connectivity index (χ0n) is 16.5. The highest BCUT2D eigenvalue weighted by atomic mass is 127. The summed E-state index contributed by atoms with van der Waals surface area (Å²) < 4.78 is 0. The Balaban J connectivity index is 0.00000529. The minimum Gasteiger partial charge on any atom is -0.357 e. The van der Waals surface area contributed by atoms with Crippen molar-refractivity contribution in [3.8, 4) is 0 Å². The van der Waals surface area contributed by atoms with Crippen molar-refractivity contribution >= 4 is 29.9 Å². The monoisotopic (exact) mass is 453 g/mol. The smallest absolute Gasteiger partial charge is 0.191 e. The van der Waals surface area contributed by atoms with Crippen LogP contribution < -0.4 is 10.6 Å². The lowest BCUT2D eigenvalue weighted by atomic mass is 10.1. The van der Waals surface area contributed by atoms with Gasteiger partial charge in [0.25, 0.3) is 0 Å². The van der Waals surface area contributed by atoms with Crippen LogP contribution in [0, 0.1) is 5.92 Å². The second-order valence-electron chi connectivity index (χ2n) is 7.22. The minimum absolute atomic E-state index is 0. The van der Waals surface area contributed by atoms with Crippen molar-refractivity contribution in [1.82, 2.24) is 20.4 Å². The fourth-order valence-electron chi connectivity index (χ4n) is 2.83. The predicted molar refractivity (Wildman–Crippen MR) is 117 cm³/mol. The number of halogens is 1. The van der Waals surface area contributed by atoms with Gasteiger partial charge in [0.05, 0.1) is 6.54 Å². The summed E-state index contributed by atoms with van der Waals surface area (Å²) in [6.45, 7) is 16.5. The molecule has 0 amide bonds. The van der Waals surface area contributed by atoms with Crippen LogP contribution in [-0.4, -0.2) is 74.7 Å². The van der Waals surface area contributed by atoms with Gasteiger partial charge in [-0.25, -0.2) is 0 Å². The number of likely N-dealkylation sites (N-methyl/N-ethyl adjacent to an activating group) is 1. The quantitative estimate of drug-likeness (QED) is 0.244. The summed E-state index contributed by atoms with van der Waals surface area (Å²) in [4.78, 5) is 9.73. The van der Waals surface area contributed by atoms with E-state index in [-0.39, 0.29) is 24.0 Å². The molecule has 0 aliphatic carbocycles. The van der Waals surface area contributed by atoms with Gasteiger partial charge in [-0.3, -0.25) is 9.89 Å². The summed E-state index contributed by atoms with van der Waals surface area (Å²) >= 11 is 0. The molecule has 1 saturated heterocycles. The molecule has 1 aliphatic heterocycles. The van der Waals surface area contributed by atoms with Crippen molar-refractivity contribution in [1.29, 1.82) is 0 Å². The van der Waals surface area contributed by atoms with E-state index in [4.69, 9.17) is 4.99 Å². The van der Waals surface area contributed by atoms with E-state index in [0.29, 0.717) is 6.04 Å². The molecule has 144 valence electrons. The van der Waals surface area contributed by atoms with Crippen LogP contribution in [0.2, 0.25) is 0 Å². The maximum atomic E-state index is 4.78. The molecule has 6 heteroatoms. The van der Waals surface area contributed by atoms with Gasteiger partial charge in [-0.2, -0.15) is 0 Å². The highest BCUT2D eigenvalue weighted by Gasteiger charge is 2.18. The molecule has 0 aromatic heterocycles. The summed E-state index contributed by atoms with van der Waals surface area (Å²) in [5, 5.41) is 6.83. The first-order valence-corrected chi connectivity index (χ1v) is 9.47. The van der Waals surface area contributed by atoms with E-state index in [0.717, 1.165) is 44.6 Å². The van der Waals surface area contributed by atoms with Crippen molar-refractivity contribution < 1.29 is 0 Å². The Labute approximate surface area is 167 Å². The highest BCUT2D eigenvalue weighted by molar-refractivity contribution is 14.0. The normalized spacial score (nSPS) is 18.3. The molecule has 2 N–H and O–H groups in total. The minimum atomic E-state index is 0. The lowest BCUT2D eigenvalue weighted by molar-refractivity contribution is 0.122. The topological polar surface area (TPSA) is 42.9 Å². The molecule has 1 fully saturated rings. The van der Waals surface area contributed by atoms with E-state index in [1.165, 1.54) is 32.4 Å². The second-order valence-corrected chi connectivity index (χ2v) is 7.22. The number of aliphatic imine (C=N–C) groups is 1. The van der Waals surface area contributed by atoms with Gasteiger partial charge in [-0.05, 0) is 33.2 Å². The number of nitrogens with zero attached hydrogens (tertiary/aromatic N) is 3. The molecule has 1 aliphatic rings. The summed E-state index contributed by atoms with van der Waals surface area (Å²) in [5.41, 5.74) is 0. The predicted octanol–water partition coefficient (Wildman–Crippen LogP) is 2.62. The molecule has 1 heterocycles. The van der Waals surface area contributed by atoms with Crippen LogP contribution in [0.15, 0.2) is 4.99 Å². The van der Waals surface area contributed by atoms with Gasteiger partial charge in [0.2, 0.25) is 0 Å². The first kappa shape index (κ1) is 23.9. The van der Waals surface area contributed by atoms with Crippen molar-refractivity contribution in [2.45, 2.75) is 53.0 Å². The van der Waals surface area contributed by atoms with Crippen molar-refractivity contribution in [3.05, 3.63) is 0 Å². The van der Waals surface area contributed by atoms with E-state index in [2.05, 4.69) is 55.2 Å². The molecular formula is C18H40IN5. The molecular weight excluding hydrogens is 413 g/mol. The van der Waals surface area contributed by atoms with E-state index >= 15 is 0 Å². The first-order chi connectivity index (χ1) is 11.0. The highest BCUT2D eigenvalue weighted by Crippen LogP contribution is 2.06. The lowest BCUT2D eigenvalue weighted by Crippen LogP contribution is -2.49. The van der Waals surface area contributed by atoms with E-state index in [1.54, 1.807) is 0 Å². The van der Waals surface area contributed by atoms with Crippen LogP contribution >= 0.6 is 24.0 Å². The number of unbranched alkanes of at least 4 members (excludes halogenated alkanes) is 1. The molecule has 0 aromatic rings. The molecule has 1 atom stereocenters. The second kappa shape index (κ2) is 14.1. The van der Waals surface area contributed by atoms with Crippen LogP contribution in [0.25, 0.3) is 0 Å². The number of nitrogens with one attached hydrogen (secondary N) is 2.